The number of ether oxygens (including phenoxy) is 1. The van der Waals surface area contributed by atoms with Crippen LogP contribution < -0.4 is 10.5 Å². The number of carbonyl (C=O) groups is 1. The van der Waals surface area contributed by atoms with Crippen molar-refractivity contribution in [3.8, 4) is 5.75 Å². The highest BCUT2D eigenvalue weighted by Gasteiger charge is 2.23. The Kier molecular flexibility index (Phi) is 5.81. The topological polar surface area (TPSA) is 84.6 Å². The Morgan fingerprint density at radius 1 is 1.03 bits per heavy atom. The van der Waals surface area contributed by atoms with Crippen LogP contribution in [0.2, 0.25) is 0 Å². The van der Waals surface area contributed by atoms with Crippen LogP contribution in [0.25, 0.3) is 10.9 Å². The van der Waals surface area contributed by atoms with E-state index in [1.165, 1.54) is 0 Å². The van der Waals surface area contributed by atoms with Crippen molar-refractivity contribution in [1.29, 1.82) is 0 Å². The largest absolute Gasteiger partial charge is 0.491 e. The molecule has 1 fully saturated rings. The molecular formula is C23H27N5O2. The molecule has 4 rings (SSSR count). The molecule has 7 heteroatoms. The number of anilines is 1. The molecule has 7 nitrogen and oxygen atoms in total. The minimum absolute atomic E-state index is 0.0527. The highest BCUT2D eigenvalue weighted by molar-refractivity contribution is 5.94. The molecule has 30 heavy (non-hydrogen) atoms. The van der Waals surface area contributed by atoms with E-state index in [0.29, 0.717) is 36.8 Å². The second-order valence-corrected chi connectivity index (χ2v) is 7.80. The standard InChI is InChI=1S/C23H27N5O2/c1-16(2)30-18-9-7-17(8-10-18)23(29)28-13-11-27(12-14-28)15-21-25-20-6-4-3-5-19(20)22(24)26-21/h3-10,16H,11-15H2,1-2H3,(H2,24,25,26). The Morgan fingerprint density at radius 3 is 2.43 bits per heavy atom. The van der Waals surface area contributed by atoms with Crippen LogP contribution >= 0.6 is 0 Å². The number of nitrogens with two attached hydrogens (primary N) is 1. The predicted octanol–water partition coefficient (Wildman–Crippen LogP) is 2.96. The van der Waals surface area contributed by atoms with E-state index in [9.17, 15) is 4.79 Å². The van der Waals surface area contributed by atoms with Crippen LogP contribution in [0.5, 0.6) is 5.75 Å². The van der Waals surface area contributed by atoms with Crippen molar-refractivity contribution in [3.63, 3.8) is 0 Å². The lowest BCUT2D eigenvalue weighted by Crippen LogP contribution is -2.48. The summed E-state index contributed by atoms with van der Waals surface area (Å²) in [5.74, 6) is 2.05. The van der Waals surface area contributed by atoms with Crippen molar-refractivity contribution in [2.75, 3.05) is 31.9 Å². The number of nitrogens with zero attached hydrogens (tertiary/aromatic N) is 4. The molecule has 0 spiro atoms. The summed E-state index contributed by atoms with van der Waals surface area (Å²) in [5, 5.41) is 0.876. The molecule has 2 N–H and O–H groups in total. The van der Waals surface area contributed by atoms with Gasteiger partial charge in [-0.2, -0.15) is 0 Å². The van der Waals surface area contributed by atoms with Gasteiger partial charge in [-0.3, -0.25) is 9.69 Å². The van der Waals surface area contributed by atoms with Crippen molar-refractivity contribution in [1.82, 2.24) is 19.8 Å². The van der Waals surface area contributed by atoms with Crippen molar-refractivity contribution >= 4 is 22.6 Å². The molecule has 3 aromatic rings. The first-order chi connectivity index (χ1) is 14.5. The fraction of sp³-hybridized carbons (Fsp3) is 0.348. The number of nitrogen functional groups attached to an aromatic ring is 1. The first kappa shape index (κ1) is 20.1. The first-order valence-electron chi connectivity index (χ1n) is 10.3. The molecule has 2 heterocycles. The number of aromatic nitrogens is 2. The zero-order chi connectivity index (χ0) is 21.1. The summed E-state index contributed by atoms with van der Waals surface area (Å²) >= 11 is 0. The SMILES string of the molecule is CC(C)Oc1ccc(C(=O)N2CCN(Cc3nc(N)c4ccccc4n3)CC2)cc1. The van der Waals surface area contributed by atoms with Crippen molar-refractivity contribution < 1.29 is 9.53 Å². The zero-order valence-corrected chi connectivity index (χ0v) is 17.4. The molecule has 0 aliphatic carbocycles. The minimum atomic E-state index is 0.0527. The maximum absolute atomic E-state index is 12.8. The number of hydrogen-bond donors (Lipinski definition) is 1. The van der Waals surface area contributed by atoms with Gasteiger partial charge in [0, 0.05) is 37.1 Å². The van der Waals surface area contributed by atoms with Gasteiger partial charge in [-0.05, 0) is 50.2 Å². The molecule has 1 aliphatic rings. The van der Waals surface area contributed by atoms with Crippen LogP contribution in [0.3, 0.4) is 0 Å². The fourth-order valence-electron chi connectivity index (χ4n) is 3.66. The van der Waals surface area contributed by atoms with Gasteiger partial charge < -0.3 is 15.4 Å². The summed E-state index contributed by atoms with van der Waals surface area (Å²) in [6.45, 7) is 7.48. The Bertz CT molecular complexity index is 1030. The maximum Gasteiger partial charge on any atom is 0.253 e. The Hall–Kier alpha value is -3.19. The second-order valence-electron chi connectivity index (χ2n) is 7.80. The van der Waals surface area contributed by atoms with Crippen LogP contribution in [-0.2, 0) is 6.54 Å². The van der Waals surface area contributed by atoms with Crippen molar-refractivity contribution in [2.24, 2.45) is 0 Å². The summed E-state index contributed by atoms with van der Waals surface area (Å²) in [5.41, 5.74) is 7.64. The number of carbonyl (C=O) groups excluding carboxylic acids is 1. The van der Waals surface area contributed by atoms with Gasteiger partial charge in [0.15, 0.2) is 0 Å². The van der Waals surface area contributed by atoms with Crippen LogP contribution in [0.4, 0.5) is 5.82 Å². The predicted molar refractivity (Wildman–Crippen MR) is 117 cm³/mol. The molecule has 1 aromatic heterocycles. The van der Waals surface area contributed by atoms with Gasteiger partial charge in [-0.1, -0.05) is 12.1 Å². The number of piperazine rings is 1. The molecule has 0 saturated carbocycles. The average molecular weight is 406 g/mol. The van der Waals surface area contributed by atoms with Gasteiger partial charge in [-0.15, -0.1) is 0 Å². The Morgan fingerprint density at radius 2 is 1.73 bits per heavy atom. The second kappa shape index (κ2) is 8.67. The molecule has 1 saturated heterocycles. The molecule has 0 bridgehead atoms. The van der Waals surface area contributed by atoms with Crippen molar-refractivity contribution in [2.45, 2.75) is 26.5 Å². The number of fused-ring (bicyclic) bond motifs is 1. The van der Waals surface area contributed by atoms with Crippen LogP contribution in [0, 0.1) is 0 Å². The van der Waals surface area contributed by atoms with Crippen molar-refractivity contribution in [3.05, 3.63) is 59.9 Å². The van der Waals surface area contributed by atoms with Gasteiger partial charge in [0.05, 0.1) is 18.2 Å². The third kappa shape index (κ3) is 4.52. The summed E-state index contributed by atoms with van der Waals surface area (Å²) in [4.78, 5) is 26.1. The molecule has 0 radical (unpaired) electrons. The van der Waals surface area contributed by atoms with E-state index in [0.717, 1.165) is 29.7 Å². The third-order valence-electron chi connectivity index (χ3n) is 5.18. The summed E-state index contributed by atoms with van der Waals surface area (Å²) in [7, 11) is 0. The monoisotopic (exact) mass is 405 g/mol. The number of rotatable bonds is 5. The van der Waals surface area contributed by atoms with E-state index >= 15 is 0 Å². The molecular weight excluding hydrogens is 378 g/mol. The van der Waals surface area contributed by atoms with E-state index in [2.05, 4.69) is 14.9 Å². The molecule has 1 aliphatic heterocycles. The molecule has 2 aromatic carbocycles. The number of benzene rings is 2. The molecule has 0 atom stereocenters. The average Bonchev–Trinajstić information content (AvgIpc) is 2.74. The van der Waals surface area contributed by atoms with Gasteiger partial charge in [0.2, 0.25) is 0 Å². The molecule has 1 amide bonds. The van der Waals surface area contributed by atoms with Crippen LogP contribution in [0.1, 0.15) is 30.0 Å². The normalized spacial score (nSPS) is 15.0. The molecule has 0 unspecified atom stereocenters. The number of hydrogen-bond acceptors (Lipinski definition) is 6. The van der Waals surface area contributed by atoms with Crippen LogP contribution in [0.15, 0.2) is 48.5 Å². The highest BCUT2D eigenvalue weighted by Crippen LogP contribution is 2.19. The lowest BCUT2D eigenvalue weighted by Gasteiger charge is -2.34. The Labute approximate surface area is 176 Å². The summed E-state index contributed by atoms with van der Waals surface area (Å²) < 4.78 is 5.65. The maximum atomic E-state index is 12.8. The van der Waals surface area contributed by atoms with Gasteiger partial charge >= 0.3 is 0 Å². The van der Waals surface area contributed by atoms with E-state index in [-0.39, 0.29) is 12.0 Å². The van der Waals surface area contributed by atoms with E-state index in [1.54, 1.807) is 0 Å². The fourth-order valence-corrected chi connectivity index (χ4v) is 3.66. The van der Waals surface area contributed by atoms with Gasteiger partial charge in [-0.25, -0.2) is 9.97 Å². The zero-order valence-electron chi connectivity index (χ0n) is 17.4. The number of amides is 1. The highest BCUT2D eigenvalue weighted by atomic mass is 16.5. The third-order valence-corrected chi connectivity index (χ3v) is 5.18. The lowest BCUT2D eigenvalue weighted by molar-refractivity contribution is 0.0625. The minimum Gasteiger partial charge on any atom is -0.491 e. The first-order valence-corrected chi connectivity index (χ1v) is 10.3. The van der Waals surface area contributed by atoms with E-state index in [1.807, 2.05) is 67.3 Å². The van der Waals surface area contributed by atoms with E-state index < -0.39 is 0 Å². The summed E-state index contributed by atoms with van der Waals surface area (Å²) in [6.07, 6.45) is 0.113. The van der Waals surface area contributed by atoms with E-state index in [4.69, 9.17) is 10.5 Å². The Balaban J connectivity index is 1.35. The number of para-hydroxylation sites is 1. The quantitative estimate of drug-likeness (QED) is 0.703. The van der Waals surface area contributed by atoms with Gasteiger partial charge in [0.25, 0.3) is 5.91 Å². The lowest BCUT2D eigenvalue weighted by atomic mass is 10.1. The van der Waals surface area contributed by atoms with Crippen LogP contribution in [-0.4, -0.2) is 58.0 Å². The molecule has 156 valence electrons. The smallest absolute Gasteiger partial charge is 0.253 e. The summed E-state index contributed by atoms with van der Waals surface area (Å²) in [6, 6.07) is 15.1. The van der Waals surface area contributed by atoms with Gasteiger partial charge in [0.1, 0.15) is 17.4 Å².